The number of fused-ring (bicyclic) bond motifs is 2. The molecule has 0 saturated carbocycles. The molecule has 2 aliphatic heterocycles. The van der Waals surface area contributed by atoms with Crippen molar-refractivity contribution in [1.82, 2.24) is 9.80 Å². The van der Waals surface area contributed by atoms with Crippen LogP contribution < -0.4 is 0 Å². The average molecular weight is 529 g/mol. The Morgan fingerprint density at radius 2 is 1.68 bits per heavy atom. The van der Waals surface area contributed by atoms with Crippen molar-refractivity contribution in [2.24, 2.45) is 0 Å². The van der Waals surface area contributed by atoms with E-state index in [-0.39, 0.29) is 0 Å². The van der Waals surface area contributed by atoms with Gasteiger partial charge in [-0.2, -0.15) is 13.2 Å². The third-order valence-corrected chi connectivity index (χ3v) is 9.41. The molecule has 4 nitrogen and oxygen atoms in total. The van der Waals surface area contributed by atoms with Crippen molar-refractivity contribution in [2.75, 3.05) is 52.1 Å². The summed E-state index contributed by atoms with van der Waals surface area (Å²) in [7, 11) is -1.24. The molecule has 0 N–H and O–H groups in total. The van der Waals surface area contributed by atoms with Crippen molar-refractivity contribution in [2.45, 2.75) is 22.4 Å². The molecule has 0 aliphatic carbocycles. The summed E-state index contributed by atoms with van der Waals surface area (Å²) in [6, 6.07) is 11.9. The molecule has 1 saturated heterocycles. The van der Waals surface area contributed by atoms with E-state index in [1.54, 1.807) is 6.07 Å². The van der Waals surface area contributed by atoms with Crippen LogP contribution >= 0.6 is 11.8 Å². The minimum atomic E-state index is -4.37. The Balaban J connectivity index is 1.43. The van der Waals surface area contributed by atoms with Gasteiger partial charge in [0.1, 0.15) is 8.77 Å². The van der Waals surface area contributed by atoms with Crippen LogP contribution in [0, 0.1) is 0 Å². The number of rotatable bonds is 7. The van der Waals surface area contributed by atoms with Gasteiger partial charge < -0.3 is 4.90 Å². The minimum Gasteiger partial charge on any atom is -0.300 e. The molecule has 0 bridgehead atoms. The summed E-state index contributed by atoms with van der Waals surface area (Å²) in [5.74, 6) is 0.349. The highest BCUT2D eigenvalue weighted by molar-refractivity contribution is 8.30. The molecule has 0 spiro atoms. The molecular formula is C24H27F3N2O2S3. The maximum atomic E-state index is 13.4. The van der Waals surface area contributed by atoms with E-state index >= 15 is 0 Å². The van der Waals surface area contributed by atoms with Crippen LogP contribution in [0.5, 0.6) is 0 Å². The lowest BCUT2D eigenvalue weighted by atomic mass is 9.94. The molecule has 0 radical (unpaired) electrons. The second-order valence-corrected chi connectivity index (χ2v) is 12.8. The zero-order chi connectivity index (χ0) is 24.3. The van der Waals surface area contributed by atoms with E-state index in [0.29, 0.717) is 17.9 Å². The number of hydrogen-bond acceptors (Lipinski definition) is 6. The van der Waals surface area contributed by atoms with Crippen LogP contribution in [-0.2, 0) is 30.3 Å². The van der Waals surface area contributed by atoms with Gasteiger partial charge in [-0.1, -0.05) is 36.0 Å². The summed E-state index contributed by atoms with van der Waals surface area (Å²) < 4.78 is 56.9. The third kappa shape index (κ3) is 6.22. The van der Waals surface area contributed by atoms with E-state index in [1.807, 2.05) is 24.3 Å². The van der Waals surface area contributed by atoms with Gasteiger partial charge in [-0.3, -0.25) is 9.08 Å². The molecule has 184 valence electrons. The summed E-state index contributed by atoms with van der Waals surface area (Å²) in [5.41, 5.74) is 1.88. The molecule has 0 aromatic heterocycles. The summed E-state index contributed by atoms with van der Waals surface area (Å²) >= 11 is 6.45. The molecule has 2 aromatic rings. The maximum absolute atomic E-state index is 13.4. The Morgan fingerprint density at radius 1 is 1.03 bits per heavy atom. The maximum Gasteiger partial charge on any atom is 0.416 e. The lowest BCUT2D eigenvalue weighted by Gasteiger charge is -2.34. The fraction of sp³-hybridized carbons (Fsp3) is 0.417. The first kappa shape index (κ1) is 25.7. The number of alkyl halides is 3. The van der Waals surface area contributed by atoms with Crippen molar-refractivity contribution >= 4 is 37.3 Å². The van der Waals surface area contributed by atoms with Crippen molar-refractivity contribution < 1.29 is 21.6 Å². The lowest BCUT2D eigenvalue weighted by molar-refractivity contribution is -0.137. The van der Waals surface area contributed by atoms with Crippen molar-refractivity contribution in [3.8, 4) is 0 Å². The van der Waals surface area contributed by atoms with E-state index in [4.69, 9.17) is 15.4 Å². The first-order valence-electron chi connectivity index (χ1n) is 11.1. The van der Waals surface area contributed by atoms with Crippen molar-refractivity contribution in [3.05, 3.63) is 65.2 Å². The molecule has 2 aromatic carbocycles. The number of piperazine rings is 1. The van der Waals surface area contributed by atoms with Crippen molar-refractivity contribution in [1.29, 1.82) is 0 Å². The van der Waals surface area contributed by atoms with Crippen LogP contribution in [0.25, 0.3) is 5.57 Å². The van der Waals surface area contributed by atoms with Gasteiger partial charge in [0.15, 0.2) is 0 Å². The van der Waals surface area contributed by atoms with E-state index in [2.05, 4.69) is 15.9 Å². The molecule has 0 amide bonds. The number of benzene rings is 2. The topological polar surface area (TPSA) is 32.8 Å². The van der Waals surface area contributed by atoms with Crippen LogP contribution in [0.4, 0.5) is 13.2 Å². The smallest absolute Gasteiger partial charge is 0.300 e. The second-order valence-electron chi connectivity index (χ2n) is 8.33. The largest absolute Gasteiger partial charge is 0.416 e. The number of halogens is 3. The second kappa shape index (κ2) is 10.7. The molecule has 1 atom stereocenters. The van der Waals surface area contributed by atoms with Gasteiger partial charge in [0.05, 0.1) is 18.4 Å². The Hall–Kier alpha value is -1.43. The van der Waals surface area contributed by atoms with Gasteiger partial charge >= 0.3 is 6.18 Å². The Bertz CT molecular complexity index is 1160. The fourth-order valence-corrected chi connectivity index (χ4v) is 6.18. The molecule has 1 unspecified atom stereocenters. The molecular weight excluding hydrogens is 501 g/mol. The normalized spacial score (nSPS) is 20.1. The first-order chi connectivity index (χ1) is 16.2. The van der Waals surface area contributed by atoms with E-state index in [0.717, 1.165) is 66.1 Å². The van der Waals surface area contributed by atoms with Crippen LogP contribution in [0.1, 0.15) is 23.1 Å². The monoisotopic (exact) mass is 528 g/mol. The number of hydrogen-bond donors (Lipinski definition) is 0. The summed E-state index contributed by atoms with van der Waals surface area (Å²) in [6.07, 6.45) is -1.55. The quantitative estimate of drug-likeness (QED) is 0.433. The number of nitrogens with zero attached hydrogens (tertiary/aromatic N) is 2. The van der Waals surface area contributed by atoms with Crippen molar-refractivity contribution in [3.63, 3.8) is 0 Å². The van der Waals surface area contributed by atoms with Gasteiger partial charge in [0.2, 0.25) is 0 Å². The first-order valence-corrected chi connectivity index (χ1v) is 14.5. The lowest BCUT2D eigenvalue weighted by Crippen LogP contribution is -2.47. The highest BCUT2D eigenvalue weighted by atomic mass is 32.8. The molecule has 1 fully saturated rings. The zero-order valence-electron chi connectivity index (χ0n) is 18.8. The van der Waals surface area contributed by atoms with E-state index < -0.39 is 20.5 Å². The summed E-state index contributed by atoms with van der Waals surface area (Å²) in [5, 5.41) is 0. The summed E-state index contributed by atoms with van der Waals surface area (Å²) in [4.78, 5) is 6.50. The highest BCUT2D eigenvalue weighted by Gasteiger charge is 2.32. The minimum absolute atomic E-state index is 0.349. The van der Waals surface area contributed by atoms with E-state index in [1.165, 1.54) is 24.9 Å². The summed E-state index contributed by atoms with van der Waals surface area (Å²) in [6.45, 7) is 4.98. The molecule has 34 heavy (non-hydrogen) atoms. The van der Waals surface area contributed by atoms with E-state index in [9.17, 15) is 17.4 Å². The van der Waals surface area contributed by atoms with Crippen LogP contribution in [-0.4, -0.2) is 66.1 Å². The Kier molecular flexibility index (Phi) is 8.06. The SMILES string of the molecule is COS(=O)(=S)CCN1CCN(CC/C=C2/c3ccccc3Sc3ccc(C(F)(F)F)cc32)CC1. The fourth-order valence-electron chi connectivity index (χ4n) is 4.22. The van der Waals surface area contributed by atoms with Gasteiger partial charge in [-0.15, -0.1) is 0 Å². The standard InChI is InChI=1S/C24H27F3N2O2S3/c1-31-34(30,32)16-15-29-13-11-28(12-14-29)10-4-6-19-20-5-2-3-7-22(20)33-23-9-8-18(17-21(19)23)24(25,26)27/h2-3,5-9,17H,4,10-16H2,1H3/b19-6-. The predicted molar refractivity (Wildman–Crippen MR) is 134 cm³/mol. The van der Waals surface area contributed by atoms with Gasteiger partial charge in [-0.25, -0.2) is 4.21 Å². The highest BCUT2D eigenvalue weighted by Crippen LogP contribution is 2.47. The third-order valence-electron chi connectivity index (χ3n) is 6.16. The average Bonchev–Trinajstić information content (AvgIpc) is 2.82. The zero-order valence-corrected chi connectivity index (χ0v) is 21.3. The molecule has 2 heterocycles. The van der Waals surface area contributed by atoms with Gasteiger partial charge in [-0.05, 0) is 47.4 Å². The van der Waals surface area contributed by atoms with Crippen LogP contribution in [0.3, 0.4) is 0 Å². The van der Waals surface area contributed by atoms with Crippen LogP contribution in [0.2, 0.25) is 0 Å². The molecule has 10 heteroatoms. The Labute approximate surface area is 208 Å². The van der Waals surface area contributed by atoms with Crippen LogP contribution in [0.15, 0.2) is 58.3 Å². The predicted octanol–water partition coefficient (Wildman–Crippen LogP) is 4.92. The molecule has 4 rings (SSSR count). The Morgan fingerprint density at radius 3 is 2.35 bits per heavy atom. The van der Waals surface area contributed by atoms with Gasteiger partial charge in [0.25, 0.3) is 0 Å². The molecule has 2 aliphatic rings. The van der Waals surface area contributed by atoms with Gasteiger partial charge in [0, 0.05) is 60.2 Å².